The number of imide groups is 1. The van der Waals surface area contributed by atoms with Crippen LogP contribution in [0.4, 0.5) is 5.69 Å². The average molecular weight is 420 g/mol. The van der Waals surface area contributed by atoms with Crippen LogP contribution in [-0.2, 0) is 19.1 Å². The van der Waals surface area contributed by atoms with E-state index in [-0.39, 0.29) is 36.1 Å². The van der Waals surface area contributed by atoms with Gasteiger partial charge in [-0.2, -0.15) is 0 Å². The van der Waals surface area contributed by atoms with Gasteiger partial charge in [-0.05, 0) is 43.5 Å². The van der Waals surface area contributed by atoms with Crippen LogP contribution in [0, 0.1) is 0 Å². The van der Waals surface area contributed by atoms with E-state index < -0.39 is 12.1 Å². The molecule has 31 heavy (non-hydrogen) atoms. The van der Waals surface area contributed by atoms with Crippen molar-refractivity contribution >= 4 is 29.4 Å². The standard InChI is InChI=1S/C24H24N2O5/c27-20-13-14-21(28)26(20)19-11-9-18(10-12-19)24(30)31-22(17-7-3-1-4-8-17)23(29)25-15-5-2-6-16-25/h1,3-4,7-12,22H,2,5-6,13-16H2/t22-/m1/s1. The first-order valence-electron chi connectivity index (χ1n) is 10.5. The van der Waals surface area contributed by atoms with Gasteiger partial charge in [0.2, 0.25) is 17.9 Å². The highest BCUT2D eigenvalue weighted by Gasteiger charge is 2.32. The van der Waals surface area contributed by atoms with Crippen LogP contribution in [0.15, 0.2) is 54.6 Å². The smallest absolute Gasteiger partial charge is 0.339 e. The Kier molecular flexibility index (Phi) is 6.11. The lowest BCUT2D eigenvalue weighted by Crippen LogP contribution is -2.40. The fourth-order valence-corrected chi connectivity index (χ4v) is 3.96. The molecule has 4 rings (SSSR count). The number of esters is 1. The summed E-state index contributed by atoms with van der Waals surface area (Å²) < 4.78 is 5.67. The van der Waals surface area contributed by atoms with Crippen LogP contribution >= 0.6 is 0 Å². The van der Waals surface area contributed by atoms with E-state index in [0.717, 1.165) is 24.2 Å². The quantitative estimate of drug-likeness (QED) is 0.548. The molecule has 0 aromatic heterocycles. The van der Waals surface area contributed by atoms with Crippen LogP contribution in [0.25, 0.3) is 0 Å². The number of benzene rings is 2. The van der Waals surface area contributed by atoms with E-state index >= 15 is 0 Å². The third-order valence-electron chi connectivity index (χ3n) is 5.63. The molecule has 2 aliphatic rings. The molecule has 1 atom stereocenters. The van der Waals surface area contributed by atoms with Crippen molar-refractivity contribution in [3.8, 4) is 0 Å². The number of anilines is 1. The second-order valence-electron chi connectivity index (χ2n) is 7.75. The zero-order valence-corrected chi connectivity index (χ0v) is 17.2. The second-order valence-corrected chi connectivity index (χ2v) is 7.75. The number of hydrogen-bond acceptors (Lipinski definition) is 5. The van der Waals surface area contributed by atoms with Crippen LogP contribution in [0.1, 0.15) is 54.1 Å². The van der Waals surface area contributed by atoms with Gasteiger partial charge in [0.25, 0.3) is 5.91 Å². The summed E-state index contributed by atoms with van der Waals surface area (Å²) in [7, 11) is 0. The van der Waals surface area contributed by atoms with Crippen molar-refractivity contribution in [2.45, 2.75) is 38.2 Å². The molecule has 0 spiro atoms. The van der Waals surface area contributed by atoms with Gasteiger partial charge in [0.15, 0.2) is 0 Å². The van der Waals surface area contributed by atoms with E-state index in [1.165, 1.54) is 12.1 Å². The molecule has 160 valence electrons. The Balaban J connectivity index is 1.52. The third kappa shape index (κ3) is 4.50. The summed E-state index contributed by atoms with van der Waals surface area (Å²) in [6.45, 7) is 1.32. The van der Waals surface area contributed by atoms with Crippen LogP contribution in [0.2, 0.25) is 0 Å². The lowest BCUT2D eigenvalue weighted by Gasteiger charge is -2.30. The summed E-state index contributed by atoms with van der Waals surface area (Å²) >= 11 is 0. The Bertz CT molecular complexity index is 965. The molecular weight excluding hydrogens is 396 g/mol. The first-order valence-corrected chi connectivity index (χ1v) is 10.5. The molecule has 0 bridgehead atoms. The largest absolute Gasteiger partial charge is 0.444 e. The molecule has 2 fully saturated rings. The predicted molar refractivity (Wildman–Crippen MR) is 113 cm³/mol. The zero-order chi connectivity index (χ0) is 21.8. The lowest BCUT2D eigenvalue weighted by atomic mass is 10.1. The third-order valence-corrected chi connectivity index (χ3v) is 5.63. The zero-order valence-electron chi connectivity index (χ0n) is 17.2. The lowest BCUT2D eigenvalue weighted by molar-refractivity contribution is -0.142. The highest BCUT2D eigenvalue weighted by molar-refractivity contribution is 6.19. The van der Waals surface area contributed by atoms with E-state index in [2.05, 4.69) is 0 Å². The normalized spacial score (nSPS) is 17.5. The Labute approximate surface area is 180 Å². The molecule has 2 heterocycles. The Morgan fingerprint density at radius 2 is 1.42 bits per heavy atom. The molecule has 7 nitrogen and oxygen atoms in total. The van der Waals surface area contributed by atoms with Crippen molar-refractivity contribution < 1.29 is 23.9 Å². The van der Waals surface area contributed by atoms with Crippen molar-refractivity contribution in [1.29, 1.82) is 0 Å². The molecule has 2 aromatic rings. The van der Waals surface area contributed by atoms with Crippen molar-refractivity contribution in [2.75, 3.05) is 18.0 Å². The van der Waals surface area contributed by atoms with Crippen LogP contribution in [-0.4, -0.2) is 41.7 Å². The number of ether oxygens (including phenoxy) is 1. The molecule has 0 N–H and O–H groups in total. The Morgan fingerprint density at radius 3 is 2.03 bits per heavy atom. The van der Waals surface area contributed by atoms with Crippen molar-refractivity contribution in [2.24, 2.45) is 0 Å². The van der Waals surface area contributed by atoms with Crippen molar-refractivity contribution in [3.63, 3.8) is 0 Å². The number of carbonyl (C=O) groups excluding carboxylic acids is 4. The van der Waals surface area contributed by atoms with Gasteiger partial charge in [-0.1, -0.05) is 30.3 Å². The molecule has 2 aromatic carbocycles. The Hall–Kier alpha value is -3.48. The van der Waals surface area contributed by atoms with Gasteiger partial charge in [0.1, 0.15) is 0 Å². The van der Waals surface area contributed by atoms with Gasteiger partial charge in [-0.3, -0.25) is 19.3 Å². The number of piperidine rings is 1. The fraction of sp³-hybridized carbons (Fsp3) is 0.333. The van der Waals surface area contributed by atoms with Gasteiger partial charge in [0.05, 0.1) is 11.3 Å². The molecular formula is C24H24N2O5. The summed E-state index contributed by atoms with van der Waals surface area (Å²) in [5.41, 5.74) is 1.29. The van der Waals surface area contributed by atoms with Gasteiger partial charge < -0.3 is 9.64 Å². The topological polar surface area (TPSA) is 84.0 Å². The predicted octanol–water partition coefficient (Wildman–Crippen LogP) is 3.25. The molecule has 0 radical (unpaired) electrons. The number of likely N-dealkylation sites (tertiary alicyclic amines) is 1. The maximum atomic E-state index is 13.1. The van der Waals surface area contributed by atoms with Crippen molar-refractivity contribution in [3.05, 3.63) is 65.7 Å². The maximum absolute atomic E-state index is 13.1. The van der Waals surface area contributed by atoms with Gasteiger partial charge in [-0.25, -0.2) is 4.79 Å². The molecule has 2 saturated heterocycles. The van der Waals surface area contributed by atoms with Crippen LogP contribution in [0.3, 0.4) is 0 Å². The van der Waals surface area contributed by atoms with E-state index in [0.29, 0.717) is 24.3 Å². The van der Waals surface area contributed by atoms with E-state index in [1.807, 2.05) is 6.07 Å². The second kappa shape index (κ2) is 9.12. The minimum Gasteiger partial charge on any atom is -0.444 e. The molecule has 0 unspecified atom stereocenters. The minimum atomic E-state index is -1.02. The minimum absolute atomic E-state index is 0.194. The summed E-state index contributed by atoms with van der Waals surface area (Å²) in [5, 5.41) is 0. The van der Waals surface area contributed by atoms with Gasteiger partial charge >= 0.3 is 5.97 Å². The summed E-state index contributed by atoms with van der Waals surface area (Å²) in [4.78, 5) is 52.7. The summed E-state index contributed by atoms with van der Waals surface area (Å²) in [6.07, 6.45) is 2.34. The fourth-order valence-electron chi connectivity index (χ4n) is 3.96. The van der Waals surface area contributed by atoms with Crippen LogP contribution < -0.4 is 4.90 Å². The highest BCUT2D eigenvalue weighted by Crippen LogP contribution is 2.26. The number of nitrogens with zero attached hydrogens (tertiary/aromatic N) is 2. The van der Waals surface area contributed by atoms with Gasteiger partial charge in [0, 0.05) is 31.5 Å². The molecule has 2 aliphatic heterocycles. The number of hydrogen-bond donors (Lipinski definition) is 0. The number of rotatable bonds is 5. The van der Waals surface area contributed by atoms with Gasteiger partial charge in [-0.15, -0.1) is 0 Å². The van der Waals surface area contributed by atoms with E-state index in [9.17, 15) is 19.2 Å². The molecule has 0 saturated carbocycles. The number of carbonyl (C=O) groups is 4. The monoisotopic (exact) mass is 420 g/mol. The van der Waals surface area contributed by atoms with Crippen LogP contribution in [0.5, 0.6) is 0 Å². The summed E-state index contributed by atoms with van der Waals surface area (Å²) in [5.74, 6) is -1.36. The van der Waals surface area contributed by atoms with E-state index in [1.54, 1.807) is 41.3 Å². The highest BCUT2D eigenvalue weighted by atomic mass is 16.5. The summed E-state index contributed by atoms with van der Waals surface area (Å²) in [6, 6.07) is 15.1. The molecule has 7 heteroatoms. The maximum Gasteiger partial charge on any atom is 0.339 e. The first kappa shape index (κ1) is 20.8. The molecule has 0 aliphatic carbocycles. The number of amides is 3. The molecule has 3 amide bonds. The van der Waals surface area contributed by atoms with Crippen molar-refractivity contribution in [1.82, 2.24) is 4.90 Å². The first-order chi connectivity index (χ1) is 15.0. The SMILES string of the molecule is O=C(O[C@@H](C(=O)N1CCCCC1)c1ccccc1)c1ccc(N2C(=O)CCC2=O)cc1. The Morgan fingerprint density at radius 1 is 0.806 bits per heavy atom. The van der Waals surface area contributed by atoms with E-state index in [4.69, 9.17) is 4.74 Å². The average Bonchev–Trinajstić information content (AvgIpc) is 3.16.